The predicted molar refractivity (Wildman–Crippen MR) is 142 cm³/mol. The van der Waals surface area contributed by atoms with E-state index in [1.54, 1.807) is 11.8 Å². The first-order valence-electron chi connectivity index (χ1n) is 12.1. The standard InChI is InChI=1S/C14H14ClN3O6.C12H12O2S/c15-12(17-6-5-14(17,16)11(20)7-19)13(21)24-8-9-1-3-10(4-2-9)18(22)23;13-10(11-2-1-5-14-11)7-15-12-4-3-8-6-9(8)12/h1-4,7,12H,5-6,8,16H2;3-4,6,11H,1-2,5,7H2. The third kappa shape index (κ3) is 6.71. The highest BCUT2D eigenvalue weighted by molar-refractivity contribution is 8.00. The number of nitro groups is 1. The fourth-order valence-electron chi connectivity index (χ4n) is 4.15. The number of Topliss-reactive ketones (excluding diaryl/α,β-unsaturated/α-hetero) is 2. The molecule has 2 heterocycles. The third-order valence-electron chi connectivity index (χ3n) is 6.64. The lowest BCUT2D eigenvalue weighted by molar-refractivity contribution is -0.384. The number of benzene rings is 2. The Bertz CT molecular complexity index is 1280. The van der Waals surface area contributed by atoms with E-state index < -0.39 is 27.8 Å². The molecule has 39 heavy (non-hydrogen) atoms. The second kappa shape index (κ2) is 12.3. The number of non-ortho nitro benzene ring substituents is 1. The van der Waals surface area contributed by atoms with Gasteiger partial charge in [0.1, 0.15) is 18.4 Å². The number of nitro benzene ring substituents is 1. The van der Waals surface area contributed by atoms with Gasteiger partial charge in [-0.15, -0.1) is 11.8 Å². The number of carbonyl (C=O) groups excluding carboxylic acids is 4. The molecule has 0 amide bonds. The molecular weight excluding hydrogens is 550 g/mol. The maximum Gasteiger partial charge on any atom is 0.339 e. The minimum Gasteiger partial charge on any atom is -0.459 e. The van der Waals surface area contributed by atoms with Crippen molar-refractivity contribution in [3.8, 4) is 11.1 Å². The minimum atomic E-state index is -1.58. The maximum absolute atomic E-state index is 12.0. The van der Waals surface area contributed by atoms with Crippen molar-refractivity contribution in [2.45, 2.75) is 48.0 Å². The quantitative estimate of drug-likeness (QED) is 0.0523. The molecule has 2 aliphatic carbocycles. The maximum atomic E-state index is 12.0. The Morgan fingerprint density at radius 1 is 1.28 bits per heavy atom. The van der Waals surface area contributed by atoms with Crippen molar-refractivity contribution in [3.05, 3.63) is 58.1 Å². The van der Waals surface area contributed by atoms with E-state index in [9.17, 15) is 29.3 Å². The van der Waals surface area contributed by atoms with Gasteiger partial charge in [0.2, 0.25) is 5.78 Å². The molecule has 4 aliphatic rings. The average molecular weight is 576 g/mol. The number of hydrogen-bond acceptors (Lipinski definition) is 11. The van der Waals surface area contributed by atoms with Crippen LogP contribution < -0.4 is 5.73 Å². The number of ether oxygens (including phenoxy) is 2. The van der Waals surface area contributed by atoms with Crippen LogP contribution in [0, 0.1) is 10.1 Å². The number of thioether (sulfide) groups is 1. The minimum absolute atomic E-state index is 0.0823. The molecule has 2 aliphatic heterocycles. The topological polar surface area (TPSA) is 159 Å². The second-order valence-electron chi connectivity index (χ2n) is 9.18. The SMILES string of the molecule is NC1(C(=O)C=O)CCN1C(Cl)C(=O)OCc1ccc([N+](=O)[O-])cc1.O=C(CSc1ccc2cc1-2)C1CCCO1. The van der Waals surface area contributed by atoms with Gasteiger partial charge < -0.3 is 15.2 Å². The van der Waals surface area contributed by atoms with E-state index in [0.29, 0.717) is 11.3 Å². The Labute approximate surface area is 233 Å². The van der Waals surface area contributed by atoms with Crippen molar-refractivity contribution in [2.24, 2.45) is 5.73 Å². The largest absolute Gasteiger partial charge is 0.459 e. The molecule has 0 saturated carbocycles. The van der Waals surface area contributed by atoms with Crippen LogP contribution in [0.1, 0.15) is 24.8 Å². The van der Waals surface area contributed by atoms with E-state index in [-0.39, 0.29) is 43.4 Å². The predicted octanol–water partition coefficient (Wildman–Crippen LogP) is 2.84. The summed E-state index contributed by atoms with van der Waals surface area (Å²) < 4.78 is 10.4. The van der Waals surface area contributed by atoms with Crippen LogP contribution in [0.25, 0.3) is 11.1 Å². The molecule has 3 unspecified atom stereocenters. The van der Waals surface area contributed by atoms with Crippen molar-refractivity contribution in [3.63, 3.8) is 0 Å². The molecule has 13 heteroatoms. The molecule has 0 aromatic heterocycles. The Balaban J connectivity index is 0.000000199. The number of nitrogens with zero attached hydrogens (tertiary/aromatic N) is 2. The van der Waals surface area contributed by atoms with Crippen LogP contribution >= 0.6 is 23.4 Å². The smallest absolute Gasteiger partial charge is 0.339 e. The zero-order chi connectivity index (χ0) is 28.2. The number of nitrogens with two attached hydrogens (primary N) is 1. The van der Waals surface area contributed by atoms with Crippen LogP contribution in [0.4, 0.5) is 5.69 Å². The number of fused-ring (bicyclic) bond motifs is 1. The van der Waals surface area contributed by atoms with Crippen LogP contribution in [0.5, 0.6) is 0 Å². The number of likely N-dealkylation sites (tertiary alicyclic amines) is 1. The average Bonchev–Trinajstić information content (AvgIpc) is 3.30. The molecule has 5 rings (SSSR count). The van der Waals surface area contributed by atoms with Gasteiger partial charge in [0.05, 0.1) is 10.7 Å². The van der Waals surface area contributed by atoms with Crippen molar-refractivity contribution >= 4 is 52.9 Å². The van der Waals surface area contributed by atoms with E-state index in [2.05, 4.69) is 18.2 Å². The van der Waals surface area contributed by atoms with E-state index in [4.69, 9.17) is 26.8 Å². The van der Waals surface area contributed by atoms with E-state index in [1.807, 2.05) is 0 Å². The molecule has 11 nitrogen and oxygen atoms in total. The fraction of sp³-hybridized carbons (Fsp3) is 0.385. The van der Waals surface area contributed by atoms with Crippen molar-refractivity contribution in [2.75, 3.05) is 18.9 Å². The van der Waals surface area contributed by atoms with Crippen LogP contribution in [0.15, 0.2) is 47.4 Å². The molecule has 2 fully saturated rings. The Morgan fingerprint density at radius 3 is 2.54 bits per heavy atom. The Morgan fingerprint density at radius 2 is 2.03 bits per heavy atom. The Kier molecular flexibility index (Phi) is 9.13. The first-order valence-corrected chi connectivity index (χ1v) is 13.6. The summed E-state index contributed by atoms with van der Waals surface area (Å²) in [7, 11) is 0. The van der Waals surface area contributed by atoms with Gasteiger partial charge in [0.15, 0.2) is 17.6 Å². The number of alkyl halides is 1. The molecule has 2 saturated heterocycles. The molecule has 0 radical (unpaired) electrons. The fourth-order valence-corrected chi connectivity index (χ4v) is 5.47. The van der Waals surface area contributed by atoms with Gasteiger partial charge in [-0.1, -0.05) is 17.7 Å². The highest BCUT2D eigenvalue weighted by Crippen LogP contribution is 2.43. The van der Waals surface area contributed by atoms with Crippen molar-refractivity contribution < 1.29 is 33.6 Å². The summed E-state index contributed by atoms with van der Waals surface area (Å²) in [5.74, 6) is -0.895. The summed E-state index contributed by atoms with van der Waals surface area (Å²) in [4.78, 5) is 58.2. The van der Waals surface area contributed by atoms with Crippen LogP contribution in [0.3, 0.4) is 0 Å². The molecule has 1 aromatic carbocycles. The summed E-state index contributed by atoms with van der Waals surface area (Å²) in [5, 5.41) is 10.6. The lowest BCUT2D eigenvalue weighted by atomic mass is 9.91. The highest BCUT2D eigenvalue weighted by atomic mass is 35.5. The molecule has 0 spiro atoms. The van der Waals surface area contributed by atoms with Gasteiger partial charge in [-0.05, 0) is 60.2 Å². The summed E-state index contributed by atoms with van der Waals surface area (Å²) in [6.45, 7) is 0.880. The van der Waals surface area contributed by atoms with Gasteiger partial charge >= 0.3 is 5.97 Å². The molecule has 1 aromatic rings. The summed E-state index contributed by atoms with van der Waals surface area (Å²) >= 11 is 7.61. The zero-order valence-corrected chi connectivity index (χ0v) is 22.3. The molecule has 3 atom stereocenters. The van der Waals surface area contributed by atoms with Crippen LogP contribution in [-0.2, 0) is 35.3 Å². The van der Waals surface area contributed by atoms with Crippen molar-refractivity contribution in [1.29, 1.82) is 0 Å². The molecule has 206 valence electrons. The molecule has 0 bridgehead atoms. The van der Waals surface area contributed by atoms with Crippen molar-refractivity contribution in [1.82, 2.24) is 4.90 Å². The van der Waals surface area contributed by atoms with Gasteiger partial charge in [0, 0.05) is 30.2 Å². The van der Waals surface area contributed by atoms with E-state index in [0.717, 1.165) is 19.4 Å². The summed E-state index contributed by atoms with van der Waals surface area (Å²) in [6, 6.07) is 11.8. The monoisotopic (exact) mass is 575 g/mol. The first kappa shape index (κ1) is 28.8. The van der Waals surface area contributed by atoms with Gasteiger partial charge in [-0.3, -0.25) is 29.4 Å². The summed E-state index contributed by atoms with van der Waals surface area (Å²) in [6.07, 6.45) is 2.12. The van der Waals surface area contributed by atoms with Gasteiger partial charge in [0.25, 0.3) is 5.69 Å². The van der Waals surface area contributed by atoms with E-state index >= 15 is 0 Å². The number of ketones is 2. The number of esters is 1. The van der Waals surface area contributed by atoms with Crippen LogP contribution in [0.2, 0.25) is 0 Å². The van der Waals surface area contributed by atoms with Gasteiger partial charge in [-0.25, -0.2) is 4.79 Å². The number of halogens is 1. The third-order valence-corrected chi connectivity index (χ3v) is 8.15. The lowest BCUT2D eigenvalue weighted by Crippen LogP contribution is -2.73. The second-order valence-corrected chi connectivity index (χ2v) is 10.6. The lowest BCUT2D eigenvalue weighted by Gasteiger charge is -2.48. The number of hydrogen-bond donors (Lipinski definition) is 1. The van der Waals surface area contributed by atoms with E-state index in [1.165, 1.54) is 45.2 Å². The number of carbonyl (C=O) groups is 4. The molecule has 2 N–H and O–H groups in total. The number of aldehydes is 1. The van der Waals surface area contributed by atoms with Gasteiger partial charge in [-0.2, -0.15) is 0 Å². The number of rotatable bonds is 11. The zero-order valence-electron chi connectivity index (χ0n) is 20.7. The first-order chi connectivity index (χ1) is 18.6. The Hall–Kier alpha value is -3.16. The normalized spacial score (nSPS) is 21.5. The van der Waals surface area contributed by atoms with Crippen LogP contribution in [-0.4, -0.2) is 69.8 Å². The highest BCUT2D eigenvalue weighted by Gasteiger charge is 2.52. The molecular formula is C26H26ClN3O8S. The summed E-state index contributed by atoms with van der Waals surface area (Å²) in [5.41, 5.74) is 6.00.